The zero-order valence-corrected chi connectivity index (χ0v) is 12.1. The molecule has 0 spiro atoms. The number of thioether (sulfide) groups is 1. The molecule has 0 radical (unpaired) electrons. The Kier molecular flexibility index (Phi) is 4.38. The van der Waals surface area contributed by atoms with Crippen LogP contribution in [0.3, 0.4) is 0 Å². The van der Waals surface area contributed by atoms with E-state index in [2.05, 4.69) is 15.4 Å². The molecule has 0 unspecified atom stereocenters. The molecule has 7 nitrogen and oxygen atoms in total. The van der Waals surface area contributed by atoms with E-state index in [1.165, 1.54) is 29.4 Å². The molecule has 2 rings (SSSR count). The summed E-state index contributed by atoms with van der Waals surface area (Å²) in [4.78, 5) is 13.7. The predicted octanol–water partition coefficient (Wildman–Crippen LogP) is 1.42. The smallest absolute Gasteiger partial charge is 0.233 e. The first-order chi connectivity index (χ1) is 9.08. The molecule has 0 aromatic carbocycles. The minimum absolute atomic E-state index is 0.0192. The van der Waals surface area contributed by atoms with Gasteiger partial charge in [0.2, 0.25) is 11.0 Å². The molecule has 2 heterocycles. The van der Waals surface area contributed by atoms with Gasteiger partial charge in [0.15, 0.2) is 4.34 Å². The van der Waals surface area contributed by atoms with Crippen LogP contribution >= 0.6 is 23.1 Å². The van der Waals surface area contributed by atoms with Crippen molar-refractivity contribution in [2.45, 2.75) is 17.3 Å². The molecule has 0 saturated heterocycles. The quantitative estimate of drug-likeness (QED) is 0.834. The minimum Gasteiger partial charge on any atom is -0.374 e. The van der Waals surface area contributed by atoms with Crippen molar-refractivity contribution in [3.05, 3.63) is 18.0 Å². The molecule has 1 atom stereocenters. The highest BCUT2D eigenvalue weighted by Gasteiger charge is 2.20. The van der Waals surface area contributed by atoms with Gasteiger partial charge in [0.25, 0.3) is 0 Å². The average Bonchev–Trinajstić information content (AvgIpc) is 3.05. The fraction of sp³-hybridized carbons (Fsp3) is 0.400. The monoisotopic (exact) mass is 299 g/mol. The molecule has 2 aromatic rings. The molecule has 0 fully saturated rings. The third kappa shape index (κ3) is 3.44. The van der Waals surface area contributed by atoms with E-state index in [4.69, 9.17) is 10.3 Å². The van der Waals surface area contributed by atoms with Crippen molar-refractivity contribution in [2.24, 2.45) is 0 Å². The lowest BCUT2D eigenvalue weighted by atomic mass is 10.2. The highest BCUT2D eigenvalue weighted by Crippen LogP contribution is 2.25. The Bertz CT molecular complexity index is 542. The number of nitrogens with two attached hydrogens (primary N) is 1. The Labute approximate surface area is 118 Å². The van der Waals surface area contributed by atoms with Crippen molar-refractivity contribution in [1.29, 1.82) is 0 Å². The van der Waals surface area contributed by atoms with Gasteiger partial charge in [-0.25, -0.2) is 0 Å². The second-order valence-corrected chi connectivity index (χ2v) is 6.03. The number of carbonyl (C=O) groups excluding carboxylic acids is 1. The molecular weight excluding hydrogens is 286 g/mol. The summed E-state index contributed by atoms with van der Waals surface area (Å²) in [6.07, 6.45) is 1.49. The van der Waals surface area contributed by atoms with Gasteiger partial charge in [-0.15, -0.1) is 10.2 Å². The van der Waals surface area contributed by atoms with Gasteiger partial charge in [-0.05, 0) is 6.92 Å². The molecule has 0 aliphatic rings. The van der Waals surface area contributed by atoms with Gasteiger partial charge in [-0.3, -0.25) is 4.79 Å². The van der Waals surface area contributed by atoms with Gasteiger partial charge in [0, 0.05) is 13.1 Å². The Morgan fingerprint density at radius 3 is 3.00 bits per heavy atom. The maximum absolute atomic E-state index is 12.0. The zero-order valence-electron chi connectivity index (χ0n) is 10.4. The zero-order chi connectivity index (χ0) is 13.8. The fourth-order valence-corrected chi connectivity index (χ4v) is 2.92. The summed E-state index contributed by atoms with van der Waals surface area (Å²) < 4.78 is 5.46. The summed E-state index contributed by atoms with van der Waals surface area (Å²) in [6.45, 7) is 1.89. The molecule has 102 valence electrons. The van der Waals surface area contributed by atoms with Crippen molar-refractivity contribution in [2.75, 3.05) is 18.5 Å². The first-order valence-corrected chi connectivity index (χ1v) is 7.26. The number of hydrogen-bond acceptors (Lipinski definition) is 8. The van der Waals surface area contributed by atoms with E-state index in [1.54, 1.807) is 18.0 Å². The SMILES string of the molecule is C[C@@H](c1ccon1)N(C)C(=O)CSc1nnc(N)s1. The van der Waals surface area contributed by atoms with Crippen LogP contribution in [0.5, 0.6) is 0 Å². The number of amides is 1. The maximum atomic E-state index is 12.0. The number of rotatable bonds is 5. The molecule has 2 N–H and O–H groups in total. The summed E-state index contributed by atoms with van der Waals surface area (Å²) >= 11 is 2.59. The minimum atomic E-state index is -0.133. The van der Waals surface area contributed by atoms with Gasteiger partial charge in [0.05, 0.1) is 11.8 Å². The van der Waals surface area contributed by atoms with Crippen molar-refractivity contribution in [3.63, 3.8) is 0 Å². The van der Waals surface area contributed by atoms with Crippen molar-refractivity contribution >= 4 is 34.1 Å². The lowest BCUT2D eigenvalue weighted by Gasteiger charge is -2.22. The number of nitrogen functional groups attached to an aromatic ring is 1. The molecule has 0 aliphatic heterocycles. The van der Waals surface area contributed by atoms with E-state index < -0.39 is 0 Å². The molecule has 0 bridgehead atoms. The average molecular weight is 299 g/mol. The third-order valence-electron chi connectivity index (χ3n) is 2.60. The number of nitrogens with zero attached hydrogens (tertiary/aromatic N) is 4. The topological polar surface area (TPSA) is 98.1 Å². The van der Waals surface area contributed by atoms with Crippen LogP contribution in [0.2, 0.25) is 0 Å². The third-order valence-corrected chi connectivity index (χ3v) is 4.47. The normalized spacial score (nSPS) is 12.3. The standard InChI is InChI=1S/C10H13N5O2S2/c1-6(7-3-4-17-14-7)15(2)8(16)5-18-10-13-12-9(11)19-10/h3-4,6H,5H2,1-2H3,(H2,11,12)/t6-/m0/s1. The van der Waals surface area contributed by atoms with Crippen LogP contribution in [-0.4, -0.2) is 39.0 Å². The Morgan fingerprint density at radius 2 is 2.42 bits per heavy atom. The number of anilines is 1. The van der Waals surface area contributed by atoms with E-state index >= 15 is 0 Å². The largest absolute Gasteiger partial charge is 0.374 e. The second kappa shape index (κ2) is 6.02. The van der Waals surface area contributed by atoms with Crippen molar-refractivity contribution in [3.8, 4) is 0 Å². The molecular formula is C10H13N5O2S2. The maximum Gasteiger partial charge on any atom is 0.233 e. The van der Waals surface area contributed by atoms with Gasteiger partial charge in [0.1, 0.15) is 12.0 Å². The Balaban J connectivity index is 1.89. The van der Waals surface area contributed by atoms with Gasteiger partial charge < -0.3 is 15.2 Å². The number of aromatic nitrogens is 3. The summed E-state index contributed by atoms with van der Waals surface area (Å²) in [6, 6.07) is 1.61. The van der Waals surface area contributed by atoms with E-state index in [0.29, 0.717) is 9.47 Å². The highest BCUT2D eigenvalue weighted by atomic mass is 32.2. The summed E-state index contributed by atoms with van der Waals surface area (Å²) in [5.74, 6) is 0.266. The Hall–Kier alpha value is -1.61. The van der Waals surface area contributed by atoms with E-state index in [1.807, 2.05) is 6.92 Å². The van der Waals surface area contributed by atoms with Crippen LogP contribution in [0.25, 0.3) is 0 Å². The first kappa shape index (κ1) is 13.8. The fourth-order valence-electron chi connectivity index (χ4n) is 1.36. The van der Waals surface area contributed by atoms with Crippen LogP contribution in [0.15, 0.2) is 21.2 Å². The molecule has 19 heavy (non-hydrogen) atoms. The van der Waals surface area contributed by atoms with Crippen molar-refractivity contribution in [1.82, 2.24) is 20.3 Å². The van der Waals surface area contributed by atoms with Gasteiger partial charge in [-0.2, -0.15) is 0 Å². The van der Waals surface area contributed by atoms with Crippen LogP contribution in [0, 0.1) is 0 Å². The molecule has 9 heteroatoms. The highest BCUT2D eigenvalue weighted by molar-refractivity contribution is 8.01. The van der Waals surface area contributed by atoms with Gasteiger partial charge in [-0.1, -0.05) is 28.3 Å². The molecule has 1 amide bonds. The summed E-state index contributed by atoms with van der Waals surface area (Å²) in [5.41, 5.74) is 6.20. The van der Waals surface area contributed by atoms with E-state index in [9.17, 15) is 4.79 Å². The first-order valence-electron chi connectivity index (χ1n) is 5.45. The van der Waals surface area contributed by atoms with E-state index in [-0.39, 0.29) is 17.7 Å². The van der Waals surface area contributed by atoms with E-state index in [0.717, 1.165) is 5.69 Å². The van der Waals surface area contributed by atoms with Crippen LogP contribution in [-0.2, 0) is 4.79 Å². The van der Waals surface area contributed by atoms with Crippen molar-refractivity contribution < 1.29 is 9.32 Å². The van der Waals surface area contributed by atoms with Crippen LogP contribution < -0.4 is 5.73 Å². The van der Waals surface area contributed by atoms with Gasteiger partial charge >= 0.3 is 0 Å². The predicted molar refractivity (Wildman–Crippen MR) is 72.7 cm³/mol. The number of hydrogen-bond donors (Lipinski definition) is 1. The lowest BCUT2D eigenvalue weighted by molar-refractivity contribution is -0.129. The molecule has 2 aromatic heterocycles. The summed E-state index contributed by atoms with van der Waals surface area (Å²) in [5, 5.41) is 11.8. The molecule has 0 saturated carbocycles. The molecule has 0 aliphatic carbocycles. The number of carbonyl (C=O) groups is 1. The van der Waals surface area contributed by atoms with Crippen LogP contribution in [0.1, 0.15) is 18.7 Å². The lowest BCUT2D eigenvalue weighted by Crippen LogP contribution is -2.31. The second-order valence-electron chi connectivity index (χ2n) is 3.80. The van der Waals surface area contributed by atoms with Crippen LogP contribution in [0.4, 0.5) is 5.13 Å². The summed E-state index contributed by atoms with van der Waals surface area (Å²) in [7, 11) is 1.73. The Morgan fingerprint density at radius 1 is 1.63 bits per heavy atom.